The summed E-state index contributed by atoms with van der Waals surface area (Å²) in [5, 5.41) is 0. The first kappa shape index (κ1) is 18.2. The van der Waals surface area contributed by atoms with Crippen molar-refractivity contribution in [3.05, 3.63) is 35.9 Å². The summed E-state index contributed by atoms with van der Waals surface area (Å²) in [6, 6.07) is 2.28. The van der Waals surface area contributed by atoms with Crippen LogP contribution in [-0.2, 0) is 6.18 Å². The Morgan fingerprint density at radius 1 is 1.04 bits per heavy atom. The molecule has 0 unspecified atom stereocenters. The Morgan fingerprint density at radius 3 is 2.27 bits per heavy atom. The summed E-state index contributed by atoms with van der Waals surface area (Å²) >= 11 is 0. The van der Waals surface area contributed by atoms with E-state index in [0.717, 1.165) is 5.82 Å². The van der Waals surface area contributed by atoms with Crippen LogP contribution in [-0.4, -0.2) is 55.2 Å². The number of halogens is 4. The minimum absolute atomic E-state index is 0.0689. The molecule has 0 spiro atoms. The fourth-order valence-electron chi connectivity index (χ4n) is 2.68. The van der Waals surface area contributed by atoms with E-state index in [9.17, 15) is 17.6 Å². The number of aromatic nitrogens is 3. The summed E-state index contributed by atoms with van der Waals surface area (Å²) in [6.07, 6.45) is -2.28. The molecule has 1 saturated heterocycles. The number of pyridine rings is 1. The highest BCUT2D eigenvalue weighted by Gasteiger charge is 2.32. The van der Waals surface area contributed by atoms with Crippen LogP contribution < -0.4 is 14.7 Å². The lowest BCUT2D eigenvalue weighted by atomic mass is 10.2. The fraction of sp³-hybridized carbons (Fsp3) is 0.438. The van der Waals surface area contributed by atoms with Crippen molar-refractivity contribution >= 4 is 17.6 Å². The van der Waals surface area contributed by atoms with Gasteiger partial charge in [-0.1, -0.05) is 0 Å². The predicted octanol–water partition coefficient (Wildman–Crippen LogP) is 2.42. The second kappa shape index (κ2) is 6.93. The molecule has 0 saturated carbocycles. The average Bonchev–Trinajstić information content (AvgIpc) is 2.61. The summed E-state index contributed by atoms with van der Waals surface area (Å²) in [5.74, 6) is 0.296. The third kappa shape index (κ3) is 3.78. The van der Waals surface area contributed by atoms with E-state index in [-0.39, 0.29) is 5.82 Å². The number of anilines is 3. The van der Waals surface area contributed by atoms with Gasteiger partial charge in [-0.25, -0.2) is 14.4 Å². The Morgan fingerprint density at radius 2 is 1.69 bits per heavy atom. The third-order valence-electron chi connectivity index (χ3n) is 4.10. The number of hydrogen-bond acceptors (Lipinski definition) is 6. The van der Waals surface area contributed by atoms with Crippen LogP contribution in [0, 0.1) is 5.82 Å². The molecule has 140 valence electrons. The van der Waals surface area contributed by atoms with Gasteiger partial charge in [0.05, 0.1) is 5.56 Å². The first-order chi connectivity index (χ1) is 12.3. The third-order valence-corrected chi connectivity index (χ3v) is 4.10. The number of hydrogen-bond donors (Lipinski definition) is 0. The van der Waals surface area contributed by atoms with Gasteiger partial charge in [0.15, 0.2) is 11.6 Å². The van der Waals surface area contributed by atoms with E-state index in [0.29, 0.717) is 44.4 Å². The molecule has 3 heterocycles. The van der Waals surface area contributed by atoms with Crippen molar-refractivity contribution in [1.82, 2.24) is 15.0 Å². The van der Waals surface area contributed by atoms with Crippen LogP contribution in [0.1, 0.15) is 5.56 Å². The first-order valence-corrected chi connectivity index (χ1v) is 7.98. The maximum atomic E-state index is 14.1. The molecule has 2 aromatic heterocycles. The smallest absolute Gasteiger partial charge is 0.363 e. The van der Waals surface area contributed by atoms with Gasteiger partial charge in [0.2, 0.25) is 5.95 Å². The topological polar surface area (TPSA) is 48.4 Å². The Bertz CT molecular complexity index is 772. The number of rotatable bonds is 3. The second-order valence-corrected chi connectivity index (χ2v) is 6.11. The molecule has 6 nitrogen and oxygen atoms in total. The SMILES string of the molecule is CN(C)c1ccnc(N2CCN(c3ncc(C(F)(F)F)cc3F)CC2)n1. The second-order valence-electron chi connectivity index (χ2n) is 6.11. The quantitative estimate of drug-likeness (QED) is 0.774. The van der Waals surface area contributed by atoms with Crippen LogP contribution in [0.15, 0.2) is 24.5 Å². The van der Waals surface area contributed by atoms with E-state index < -0.39 is 17.6 Å². The molecule has 3 rings (SSSR count). The van der Waals surface area contributed by atoms with Gasteiger partial charge in [-0.15, -0.1) is 0 Å². The Hall–Kier alpha value is -2.65. The summed E-state index contributed by atoms with van der Waals surface area (Å²) in [5.41, 5.74) is -1.09. The largest absolute Gasteiger partial charge is 0.417 e. The number of piperazine rings is 1. The van der Waals surface area contributed by atoms with Gasteiger partial charge >= 0.3 is 6.18 Å². The van der Waals surface area contributed by atoms with Crippen LogP contribution in [0.25, 0.3) is 0 Å². The van der Waals surface area contributed by atoms with E-state index in [1.165, 1.54) is 0 Å². The van der Waals surface area contributed by atoms with Crippen LogP contribution >= 0.6 is 0 Å². The van der Waals surface area contributed by atoms with Gasteiger partial charge in [0.25, 0.3) is 0 Å². The van der Waals surface area contributed by atoms with E-state index >= 15 is 0 Å². The highest BCUT2D eigenvalue weighted by molar-refractivity contribution is 5.46. The standard InChI is InChI=1S/C16H18F4N6/c1-24(2)13-3-4-21-15(23-13)26-7-5-25(6-8-26)14-12(17)9-11(10-22-14)16(18,19)20/h3-4,9-10H,5-8H2,1-2H3. The summed E-state index contributed by atoms with van der Waals surface area (Å²) in [6.45, 7) is 1.84. The van der Waals surface area contributed by atoms with Crippen molar-refractivity contribution in [1.29, 1.82) is 0 Å². The minimum atomic E-state index is -4.61. The van der Waals surface area contributed by atoms with E-state index in [1.807, 2.05) is 23.9 Å². The molecular weight excluding hydrogens is 352 g/mol. The normalized spacial score (nSPS) is 15.3. The molecule has 26 heavy (non-hydrogen) atoms. The van der Waals surface area contributed by atoms with E-state index in [4.69, 9.17) is 0 Å². The van der Waals surface area contributed by atoms with Gasteiger partial charge in [-0.05, 0) is 12.1 Å². The molecule has 0 amide bonds. The number of alkyl halides is 3. The van der Waals surface area contributed by atoms with Crippen LogP contribution in [0.3, 0.4) is 0 Å². The molecule has 0 aliphatic carbocycles. The van der Waals surface area contributed by atoms with Crippen LogP contribution in [0.4, 0.5) is 35.1 Å². The lowest BCUT2D eigenvalue weighted by Crippen LogP contribution is -2.47. The van der Waals surface area contributed by atoms with Gasteiger partial charge in [-0.3, -0.25) is 0 Å². The van der Waals surface area contributed by atoms with Crippen molar-refractivity contribution in [3.63, 3.8) is 0 Å². The van der Waals surface area contributed by atoms with Crippen molar-refractivity contribution in [2.45, 2.75) is 6.18 Å². The van der Waals surface area contributed by atoms with Gasteiger partial charge < -0.3 is 14.7 Å². The van der Waals surface area contributed by atoms with Crippen LogP contribution in [0.2, 0.25) is 0 Å². The molecule has 0 atom stereocenters. The molecule has 0 bridgehead atoms. The lowest BCUT2D eigenvalue weighted by molar-refractivity contribution is -0.138. The summed E-state index contributed by atoms with van der Waals surface area (Å²) < 4.78 is 52.0. The van der Waals surface area contributed by atoms with Crippen molar-refractivity contribution in [2.24, 2.45) is 0 Å². The molecular formula is C16H18F4N6. The van der Waals surface area contributed by atoms with Crippen molar-refractivity contribution in [2.75, 3.05) is 55.0 Å². The molecule has 0 N–H and O–H groups in total. The molecule has 2 aromatic rings. The van der Waals surface area contributed by atoms with Crippen molar-refractivity contribution < 1.29 is 17.6 Å². The molecule has 1 fully saturated rings. The minimum Gasteiger partial charge on any atom is -0.363 e. The van der Waals surface area contributed by atoms with Gasteiger partial charge in [-0.2, -0.15) is 18.2 Å². The fourth-order valence-corrected chi connectivity index (χ4v) is 2.68. The Balaban J connectivity index is 1.70. The average molecular weight is 370 g/mol. The summed E-state index contributed by atoms with van der Waals surface area (Å²) in [7, 11) is 3.76. The van der Waals surface area contributed by atoms with E-state index in [1.54, 1.807) is 17.2 Å². The molecule has 0 radical (unpaired) electrons. The maximum absolute atomic E-state index is 14.1. The zero-order chi connectivity index (χ0) is 18.9. The predicted molar refractivity (Wildman–Crippen MR) is 90.0 cm³/mol. The molecule has 1 aliphatic rings. The van der Waals surface area contributed by atoms with E-state index in [2.05, 4.69) is 15.0 Å². The lowest BCUT2D eigenvalue weighted by Gasteiger charge is -2.35. The zero-order valence-electron chi connectivity index (χ0n) is 14.3. The highest BCUT2D eigenvalue weighted by Crippen LogP contribution is 2.31. The molecule has 1 aliphatic heterocycles. The van der Waals surface area contributed by atoms with Crippen LogP contribution in [0.5, 0.6) is 0 Å². The number of nitrogens with zero attached hydrogens (tertiary/aromatic N) is 6. The monoisotopic (exact) mass is 370 g/mol. The van der Waals surface area contributed by atoms with Gasteiger partial charge in [0.1, 0.15) is 5.82 Å². The Labute approximate surface area is 148 Å². The maximum Gasteiger partial charge on any atom is 0.417 e. The summed E-state index contributed by atoms with van der Waals surface area (Å²) in [4.78, 5) is 17.8. The highest BCUT2D eigenvalue weighted by atomic mass is 19.4. The molecule has 10 heteroatoms. The first-order valence-electron chi connectivity index (χ1n) is 7.98. The Kier molecular flexibility index (Phi) is 4.84. The van der Waals surface area contributed by atoms with Gasteiger partial charge in [0, 0.05) is 52.7 Å². The zero-order valence-corrected chi connectivity index (χ0v) is 14.3. The van der Waals surface area contributed by atoms with Crippen molar-refractivity contribution in [3.8, 4) is 0 Å². The molecule has 0 aromatic carbocycles.